The van der Waals surface area contributed by atoms with Crippen molar-refractivity contribution in [2.75, 3.05) is 7.11 Å². The Morgan fingerprint density at radius 1 is 1.65 bits per heavy atom. The van der Waals surface area contributed by atoms with E-state index in [0.717, 1.165) is 10.1 Å². The average molecular weight is 270 g/mol. The molecule has 0 radical (unpaired) electrons. The van der Waals surface area contributed by atoms with Crippen molar-refractivity contribution in [1.82, 2.24) is 10.2 Å². The molecule has 17 heavy (non-hydrogen) atoms. The second-order valence-corrected chi connectivity index (χ2v) is 5.22. The zero-order valence-electron chi connectivity index (χ0n) is 9.30. The molecule has 0 aliphatic carbocycles. The van der Waals surface area contributed by atoms with Crippen LogP contribution in [0.15, 0.2) is 20.3 Å². The number of aromatic nitrogens is 2. The number of hydrogen-bond donors (Lipinski definition) is 0. The number of carbonyl (C=O) groups is 1. The fraction of sp³-hybridized carbons (Fsp3) is 0.300. The predicted molar refractivity (Wildman–Crippen MR) is 64.3 cm³/mol. The lowest BCUT2D eigenvalue weighted by Gasteiger charge is -1.93. The van der Waals surface area contributed by atoms with Gasteiger partial charge in [0.15, 0.2) is 4.34 Å². The number of esters is 1. The van der Waals surface area contributed by atoms with E-state index in [1.54, 1.807) is 18.5 Å². The van der Waals surface area contributed by atoms with Crippen LogP contribution in [-0.2, 0) is 10.5 Å². The molecule has 0 saturated heterocycles. The molecule has 0 bridgehead atoms. The molecular weight excluding hydrogens is 260 g/mol. The molecule has 0 saturated carbocycles. The highest BCUT2D eigenvalue weighted by Gasteiger charge is 2.15. The van der Waals surface area contributed by atoms with E-state index >= 15 is 0 Å². The van der Waals surface area contributed by atoms with Gasteiger partial charge in [0.1, 0.15) is 22.6 Å². The molecule has 0 spiro atoms. The van der Waals surface area contributed by atoms with E-state index in [2.05, 4.69) is 14.9 Å². The smallest absolute Gasteiger partial charge is 0.341 e. The van der Waals surface area contributed by atoms with Crippen LogP contribution in [0.3, 0.4) is 0 Å². The van der Waals surface area contributed by atoms with Crippen LogP contribution in [-0.4, -0.2) is 23.3 Å². The van der Waals surface area contributed by atoms with Crippen molar-refractivity contribution in [3.8, 4) is 0 Å². The van der Waals surface area contributed by atoms with Gasteiger partial charge in [-0.3, -0.25) is 0 Å². The molecule has 0 aliphatic heterocycles. The van der Waals surface area contributed by atoms with Crippen molar-refractivity contribution >= 4 is 29.1 Å². The fourth-order valence-corrected chi connectivity index (χ4v) is 2.66. The lowest BCUT2D eigenvalue weighted by molar-refractivity contribution is 0.0599. The summed E-state index contributed by atoms with van der Waals surface area (Å²) in [4.78, 5) is 11.4. The molecule has 0 atom stereocenters. The Hall–Kier alpha value is -1.34. The van der Waals surface area contributed by atoms with Gasteiger partial charge < -0.3 is 9.15 Å². The lowest BCUT2D eigenvalue weighted by atomic mass is 10.2. The van der Waals surface area contributed by atoms with Crippen molar-refractivity contribution in [2.24, 2.45) is 0 Å². The third-order valence-corrected chi connectivity index (χ3v) is 3.93. The Bertz CT molecular complexity index is 508. The topological polar surface area (TPSA) is 65.2 Å². The first-order chi connectivity index (χ1) is 8.20. The van der Waals surface area contributed by atoms with Crippen LogP contribution < -0.4 is 0 Å². The lowest BCUT2D eigenvalue weighted by Crippen LogP contribution is -2.00. The molecular formula is C10H10N2O3S2. The Labute approximate surface area is 106 Å². The second-order valence-electron chi connectivity index (χ2n) is 3.17. The molecule has 2 rings (SSSR count). The van der Waals surface area contributed by atoms with Crippen LogP contribution in [0.5, 0.6) is 0 Å². The summed E-state index contributed by atoms with van der Waals surface area (Å²) >= 11 is 2.99. The van der Waals surface area contributed by atoms with Gasteiger partial charge in [-0.25, -0.2) is 4.79 Å². The molecule has 0 unspecified atom stereocenters. The maximum Gasteiger partial charge on any atom is 0.341 e. The largest absolute Gasteiger partial charge is 0.465 e. The van der Waals surface area contributed by atoms with E-state index in [-0.39, 0.29) is 5.97 Å². The van der Waals surface area contributed by atoms with E-state index in [9.17, 15) is 4.79 Å². The van der Waals surface area contributed by atoms with Gasteiger partial charge in [-0.1, -0.05) is 23.1 Å². The van der Waals surface area contributed by atoms with Crippen molar-refractivity contribution in [3.05, 3.63) is 28.7 Å². The fourth-order valence-electron chi connectivity index (χ4n) is 1.29. The summed E-state index contributed by atoms with van der Waals surface area (Å²) in [7, 11) is 1.35. The first-order valence-electron chi connectivity index (χ1n) is 4.77. The number of carbonyl (C=O) groups excluding carboxylic acids is 1. The molecule has 7 heteroatoms. The van der Waals surface area contributed by atoms with Crippen LogP contribution in [0.2, 0.25) is 0 Å². The summed E-state index contributed by atoms with van der Waals surface area (Å²) in [6, 6.07) is 1.70. The monoisotopic (exact) mass is 270 g/mol. The summed E-state index contributed by atoms with van der Waals surface area (Å²) < 4.78 is 11.0. The summed E-state index contributed by atoms with van der Waals surface area (Å²) in [6.07, 6.45) is 0. The Balaban J connectivity index is 2.05. The van der Waals surface area contributed by atoms with Crippen LogP contribution in [0.4, 0.5) is 0 Å². The van der Waals surface area contributed by atoms with Crippen LogP contribution in [0.1, 0.15) is 21.9 Å². The van der Waals surface area contributed by atoms with E-state index in [1.807, 2.05) is 0 Å². The SMILES string of the molecule is COC(=O)c1cc(CSc2nncs2)oc1C. The van der Waals surface area contributed by atoms with Crippen molar-refractivity contribution in [2.45, 2.75) is 17.0 Å². The maximum absolute atomic E-state index is 11.4. The molecule has 2 aromatic heterocycles. The highest BCUT2D eigenvalue weighted by Crippen LogP contribution is 2.26. The molecule has 2 aromatic rings. The molecule has 2 heterocycles. The maximum atomic E-state index is 11.4. The molecule has 5 nitrogen and oxygen atoms in total. The van der Waals surface area contributed by atoms with Gasteiger partial charge in [0.05, 0.1) is 12.9 Å². The number of nitrogens with zero attached hydrogens (tertiary/aromatic N) is 2. The molecule has 90 valence electrons. The van der Waals surface area contributed by atoms with Gasteiger partial charge in [0.2, 0.25) is 0 Å². The van der Waals surface area contributed by atoms with Crippen molar-refractivity contribution in [3.63, 3.8) is 0 Å². The van der Waals surface area contributed by atoms with Gasteiger partial charge in [-0.15, -0.1) is 10.2 Å². The van der Waals surface area contributed by atoms with Gasteiger partial charge in [0.25, 0.3) is 0 Å². The second kappa shape index (κ2) is 5.33. The predicted octanol–water partition coefficient (Wildman–Crippen LogP) is 2.52. The van der Waals surface area contributed by atoms with Gasteiger partial charge in [-0.2, -0.15) is 0 Å². The minimum absolute atomic E-state index is 0.376. The highest BCUT2D eigenvalue weighted by atomic mass is 32.2. The third kappa shape index (κ3) is 2.86. The number of hydrogen-bond acceptors (Lipinski definition) is 7. The minimum atomic E-state index is -0.376. The minimum Gasteiger partial charge on any atom is -0.465 e. The summed E-state index contributed by atoms with van der Waals surface area (Å²) in [5, 5.41) is 7.65. The summed E-state index contributed by atoms with van der Waals surface area (Å²) in [5.41, 5.74) is 2.15. The van der Waals surface area contributed by atoms with Gasteiger partial charge >= 0.3 is 5.97 Å². The van der Waals surface area contributed by atoms with Gasteiger partial charge in [-0.05, 0) is 13.0 Å². The van der Waals surface area contributed by atoms with Crippen LogP contribution in [0.25, 0.3) is 0 Å². The Morgan fingerprint density at radius 2 is 2.47 bits per heavy atom. The number of furan rings is 1. The first-order valence-corrected chi connectivity index (χ1v) is 6.64. The van der Waals surface area contributed by atoms with E-state index in [1.165, 1.54) is 30.2 Å². The summed E-state index contributed by atoms with van der Waals surface area (Å²) in [5.74, 6) is 1.54. The van der Waals surface area contributed by atoms with Crippen LogP contribution >= 0.6 is 23.1 Å². The number of rotatable bonds is 4. The number of ether oxygens (including phenoxy) is 1. The quantitative estimate of drug-likeness (QED) is 0.628. The number of methoxy groups -OCH3 is 1. The van der Waals surface area contributed by atoms with E-state index in [0.29, 0.717) is 17.1 Å². The van der Waals surface area contributed by atoms with E-state index in [4.69, 9.17) is 4.42 Å². The van der Waals surface area contributed by atoms with E-state index < -0.39 is 0 Å². The average Bonchev–Trinajstić information content (AvgIpc) is 2.94. The zero-order chi connectivity index (χ0) is 12.3. The standard InChI is InChI=1S/C10H10N2O3S2/c1-6-8(9(13)14-2)3-7(15-6)4-16-10-12-11-5-17-10/h3,5H,4H2,1-2H3. The van der Waals surface area contributed by atoms with Crippen molar-refractivity contribution in [1.29, 1.82) is 0 Å². The first kappa shape index (κ1) is 12.1. The number of aryl methyl sites for hydroxylation is 1. The van der Waals surface area contributed by atoms with Crippen molar-refractivity contribution < 1.29 is 13.9 Å². The molecule has 0 aromatic carbocycles. The third-order valence-electron chi connectivity index (χ3n) is 2.05. The highest BCUT2D eigenvalue weighted by molar-refractivity contribution is 8.00. The molecule has 0 aliphatic rings. The Morgan fingerprint density at radius 3 is 3.12 bits per heavy atom. The molecule has 0 amide bonds. The van der Waals surface area contributed by atoms with Gasteiger partial charge in [0, 0.05) is 0 Å². The zero-order valence-corrected chi connectivity index (χ0v) is 10.9. The Kier molecular flexibility index (Phi) is 3.80. The molecule has 0 N–H and O–H groups in total. The van der Waals surface area contributed by atoms with Crippen LogP contribution in [0, 0.1) is 6.92 Å². The number of thioether (sulfide) groups is 1. The normalized spacial score (nSPS) is 10.5. The summed E-state index contributed by atoms with van der Waals surface area (Å²) in [6.45, 7) is 1.74. The molecule has 0 fully saturated rings.